The van der Waals surface area contributed by atoms with Gasteiger partial charge in [0.2, 0.25) is 0 Å². The first-order valence-corrected chi connectivity index (χ1v) is 6.04. The molecule has 1 aromatic heterocycles. The van der Waals surface area contributed by atoms with Crippen LogP contribution in [0.1, 0.15) is 24.5 Å². The van der Waals surface area contributed by atoms with Gasteiger partial charge in [0.05, 0.1) is 5.69 Å². The molecule has 1 aromatic carbocycles. The molecule has 1 aliphatic rings. The Labute approximate surface area is 108 Å². The maximum atomic E-state index is 12.4. The second-order valence-corrected chi connectivity index (χ2v) is 4.54. The number of nitrogens with two attached hydrogens (primary N) is 1. The molecule has 1 heterocycles. The van der Waals surface area contributed by atoms with Crippen LogP contribution in [0.4, 0.5) is 14.5 Å². The van der Waals surface area contributed by atoms with E-state index in [1.54, 1.807) is 12.1 Å². The smallest absolute Gasteiger partial charge is 0.387 e. The third-order valence-corrected chi connectivity index (χ3v) is 3.19. The van der Waals surface area contributed by atoms with E-state index in [4.69, 9.17) is 5.84 Å². The lowest BCUT2D eigenvalue weighted by Gasteiger charge is -2.12. The van der Waals surface area contributed by atoms with Gasteiger partial charge >= 0.3 is 6.61 Å². The molecular formula is C13H13F2N3O. The summed E-state index contributed by atoms with van der Waals surface area (Å²) in [4.78, 5) is 4.44. The monoisotopic (exact) mass is 265 g/mol. The topological polar surface area (TPSA) is 60.2 Å². The first-order valence-electron chi connectivity index (χ1n) is 6.04. The zero-order valence-electron chi connectivity index (χ0n) is 10.1. The summed E-state index contributed by atoms with van der Waals surface area (Å²) >= 11 is 0. The number of pyridine rings is 1. The molecule has 0 bridgehead atoms. The highest BCUT2D eigenvalue weighted by Gasteiger charge is 2.26. The van der Waals surface area contributed by atoms with Crippen molar-refractivity contribution in [3.63, 3.8) is 0 Å². The molecule has 0 unspecified atom stereocenters. The van der Waals surface area contributed by atoms with Crippen LogP contribution in [0.15, 0.2) is 24.3 Å². The van der Waals surface area contributed by atoms with Crippen molar-refractivity contribution in [3.05, 3.63) is 30.0 Å². The third kappa shape index (κ3) is 2.31. The number of aromatic nitrogens is 1. The quantitative estimate of drug-likeness (QED) is 0.659. The number of ether oxygens (including phenoxy) is 1. The summed E-state index contributed by atoms with van der Waals surface area (Å²) in [5.41, 5.74) is 4.55. The number of hydrogen-bond acceptors (Lipinski definition) is 4. The SMILES string of the molecule is NNc1cc(C2CC2)nc2c(OC(F)F)cccc12. The lowest BCUT2D eigenvalue weighted by Crippen LogP contribution is -2.09. The Balaban J connectivity index is 2.18. The largest absolute Gasteiger partial charge is 0.432 e. The van der Waals surface area contributed by atoms with Crippen LogP contribution in [0.25, 0.3) is 10.9 Å². The van der Waals surface area contributed by atoms with Gasteiger partial charge in [-0.05, 0) is 25.0 Å². The second-order valence-electron chi connectivity index (χ2n) is 4.54. The molecule has 19 heavy (non-hydrogen) atoms. The molecule has 100 valence electrons. The fourth-order valence-corrected chi connectivity index (χ4v) is 2.14. The summed E-state index contributed by atoms with van der Waals surface area (Å²) in [6.45, 7) is -2.87. The molecule has 6 heteroatoms. The van der Waals surface area contributed by atoms with Crippen LogP contribution in [-0.4, -0.2) is 11.6 Å². The summed E-state index contributed by atoms with van der Waals surface area (Å²) in [5.74, 6) is 5.96. The van der Waals surface area contributed by atoms with Gasteiger partial charge < -0.3 is 10.2 Å². The van der Waals surface area contributed by atoms with Crippen molar-refractivity contribution in [1.82, 2.24) is 4.98 Å². The summed E-state index contributed by atoms with van der Waals surface area (Å²) in [6, 6.07) is 6.76. The van der Waals surface area contributed by atoms with E-state index >= 15 is 0 Å². The Morgan fingerprint density at radius 2 is 2.16 bits per heavy atom. The first kappa shape index (κ1) is 12.1. The molecule has 1 aliphatic carbocycles. The minimum Gasteiger partial charge on any atom is -0.432 e. The Morgan fingerprint density at radius 3 is 2.79 bits per heavy atom. The van der Waals surface area contributed by atoms with E-state index in [0.717, 1.165) is 18.5 Å². The molecule has 3 rings (SSSR count). The number of hydrogen-bond donors (Lipinski definition) is 2. The van der Waals surface area contributed by atoms with Crippen molar-refractivity contribution in [2.24, 2.45) is 5.84 Å². The van der Waals surface area contributed by atoms with Gasteiger partial charge in [0.25, 0.3) is 0 Å². The lowest BCUT2D eigenvalue weighted by atomic mass is 10.1. The predicted molar refractivity (Wildman–Crippen MR) is 68.2 cm³/mol. The molecule has 0 spiro atoms. The fraction of sp³-hybridized carbons (Fsp3) is 0.308. The zero-order valence-corrected chi connectivity index (χ0v) is 10.1. The van der Waals surface area contributed by atoms with E-state index in [1.165, 1.54) is 6.07 Å². The summed E-state index contributed by atoms with van der Waals surface area (Å²) in [7, 11) is 0. The van der Waals surface area contributed by atoms with Crippen LogP contribution in [0, 0.1) is 0 Å². The molecule has 0 aliphatic heterocycles. The van der Waals surface area contributed by atoms with Crippen molar-refractivity contribution in [2.45, 2.75) is 25.4 Å². The molecule has 0 atom stereocenters. The first-order chi connectivity index (χ1) is 9.19. The van der Waals surface area contributed by atoms with Gasteiger partial charge in [-0.25, -0.2) is 4.98 Å². The van der Waals surface area contributed by atoms with E-state index in [9.17, 15) is 8.78 Å². The van der Waals surface area contributed by atoms with Crippen molar-refractivity contribution < 1.29 is 13.5 Å². The molecule has 0 amide bonds. The van der Waals surface area contributed by atoms with E-state index in [0.29, 0.717) is 22.5 Å². The molecule has 1 fully saturated rings. The van der Waals surface area contributed by atoms with Gasteiger partial charge in [-0.1, -0.05) is 12.1 Å². The molecule has 2 aromatic rings. The third-order valence-electron chi connectivity index (χ3n) is 3.19. The Bertz CT molecular complexity index is 614. The number of nitrogens with zero attached hydrogens (tertiary/aromatic N) is 1. The molecule has 4 nitrogen and oxygen atoms in total. The van der Waals surface area contributed by atoms with E-state index < -0.39 is 6.61 Å². The number of benzene rings is 1. The van der Waals surface area contributed by atoms with Gasteiger partial charge in [0.15, 0.2) is 5.75 Å². The van der Waals surface area contributed by atoms with Crippen LogP contribution in [0.3, 0.4) is 0 Å². The van der Waals surface area contributed by atoms with Crippen molar-refractivity contribution in [1.29, 1.82) is 0 Å². The van der Waals surface area contributed by atoms with Crippen LogP contribution in [0.5, 0.6) is 5.75 Å². The van der Waals surface area contributed by atoms with Crippen molar-refractivity contribution in [3.8, 4) is 5.75 Å². The minimum absolute atomic E-state index is 0.0755. The van der Waals surface area contributed by atoms with Gasteiger partial charge in [0, 0.05) is 17.0 Å². The molecular weight excluding hydrogens is 252 g/mol. The maximum absolute atomic E-state index is 12.4. The van der Waals surface area contributed by atoms with Gasteiger partial charge in [-0.15, -0.1) is 0 Å². The van der Waals surface area contributed by atoms with Crippen LogP contribution >= 0.6 is 0 Å². The zero-order chi connectivity index (χ0) is 13.4. The van der Waals surface area contributed by atoms with E-state index in [1.807, 2.05) is 6.07 Å². The number of hydrazine groups is 1. The highest BCUT2D eigenvalue weighted by atomic mass is 19.3. The molecule has 0 radical (unpaired) electrons. The van der Waals surface area contributed by atoms with Gasteiger partial charge in [-0.3, -0.25) is 5.84 Å². The number of anilines is 1. The van der Waals surface area contributed by atoms with Gasteiger partial charge in [0.1, 0.15) is 5.52 Å². The number of para-hydroxylation sites is 1. The molecule has 3 N–H and O–H groups in total. The number of fused-ring (bicyclic) bond motifs is 1. The standard InChI is InChI=1S/C13H13F2N3O/c14-13(15)19-11-3-1-2-8-10(18-16)6-9(7-4-5-7)17-12(8)11/h1-3,6-7,13H,4-5,16H2,(H,17,18). The Kier molecular flexibility index (Phi) is 2.94. The fourth-order valence-electron chi connectivity index (χ4n) is 2.14. The Morgan fingerprint density at radius 1 is 1.37 bits per heavy atom. The molecule has 1 saturated carbocycles. The van der Waals surface area contributed by atoms with Crippen molar-refractivity contribution in [2.75, 3.05) is 5.43 Å². The predicted octanol–water partition coefficient (Wildman–Crippen LogP) is 3.00. The molecule has 0 saturated heterocycles. The minimum atomic E-state index is -2.87. The number of rotatable bonds is 4. The van der Waals surface area contributed by atoms with Crippen LogP contribution < -0.4 is 16.0 Å². The normalized spacial score (nSPS) is 14.9. The number of nitrogens with one attached hydrogen (secondary N) is 1. The highest BCUT2D eigenvalue weighted by Crippen LogP contribution is 2.42. The summed E-state index contributed by atoms with van der Waals surface area (Å²) in [6.07, 6.45) is 2.14. The van der Waals surface area contributed by atoms with Crippen LogP contribution in [0.2, 0.25) is 0 Å². The van der Waals surface area contributed by atoms with Gasteiger partial charge in [-0.2, -0.15) is 8.78 Å². The average Bonchev–Trinajstić information content (AvgIpc) is 3.21. The Hall–Kier alpha value is -1.95. The summed E-state index contributed by atoms with van der Waals surface area (Å²) in [5, 5.41) is 0.671. The number of halogens is 2. The maximum Gasteiger partial charge on any atom is 0.387 e. The highest BCUT2D eigenvalue weighted by molar-refractivity contribution is 5.95. The van der Waals surface area contributed by atoms with E-state index in [-0.39, 0.29) is 5.75 Å². The van der Waals surface area contributed by atoms with Crippen LogP contribution in [-0.2, 0) is 0 Å². The second kappa shape index (κ2) is 4.62. The number of nitrogen functional groups attached to an aromatic ring is 1. The van der Waals surface area contributed by atoms with Crippen molar-refractivity contribution >= 4 is 16.6 Å². The number of alkyl halides is 2. The average molecular weight is 265 g/mol. The lowest BCUT2D eigenvalue weighted by molar-refractivity contribution is -0.0489. The van der Waals surface area contributed by atoms with E-state index in [2.05, 4.69) is 15.1 Å². The summed E-state index contributed by atoms with van der Waals surface area (Å²) < 4.78 is 29.3.